The highest BCUT2D eigenvalue weighted by atomic mass is 16.6. The highest BCUT2D eigenvalue weighted by molar-refractivity contribution is 5.94. The number of aromatic carboxylic acids is 1. The molecule has 1 aromatic carbocycles. The normalized spacial score (nSPS) is 25.0. The van der Waals surface area contributed by atoms with Crippen LogP contribution in [0.4, 0.5) is 5.69 Å². The summed E-state index contributed by atoms with van der Waals surface area (Å²) in [4.78, 5) is 21.6. The molecule has 21 heavy (non-hydrogen) atoms. The van der Waals surface area contributed by atoms with Crippen molar-refractivity contribution in [2.75, 3.05) is 6.61 Å². The highest BCUT2D eigenvalue weighted by Gasteiger charge is 2.36. The number of benzene rings is 1. The molecule has 2 unspecified atom stereocenters. The van der Waals surface area contributed by atoms with Crippen molar-refractivity contribution < 1.29 is 19.6 Å². The first-order valence-electron chi connectivity index (χ1n) is 6.71. The molecule has 0 bridgehead atoms. The Morgan fingerprint density at radius 1 is 1.62 bits per heavy atom. The number of nitrogens with one attached hydrogen (secondary N) is 1. The van der Waals surface area contributed by atoms with E-state index < -0.39 is 10.9 Å². The number of carbonyl (C=O) groups is 1. The number of nitro groups is 1. The fourth-order valence-electron chi connectivity index (χ4n) is 2.50. The van der Waals surface area contributed by atoms with Gasteiger partial charge in [0.2, 0.25) is 0 Å². The van der Waals surface area contributed by atoms with E-state index >= 15 is 0 Å². The van der Waals surface area contributed by atoms with Crippen LogP contribution in [-0.4, -0.2) is 34.2 Å². The zero-order valence-corrected chi connectivity index (χ0v) is 12.0. The smallest absolute Gasteiger partial charge is 0.343 e. The summed E-state index contributed by atoms with van der Waals surface area (Å²) < 4.78 is 5.51. The summed E-state index contributed by atoms with van der Waals surface area (Å²) in [6.45, 7) is 4.84. The molecule has 0 aliphatic carbocycles. The Hall–Kier alpha value is -1.99. The maximum absolute atomic E-state index is 11.3. The maximum Gasteiger partial charge on any atom is 0.343 e. The van der Waals surface area contributed by atoms with E-state index in [4.69, 9.17) is 4.74 Å². The summed E-state index contributed by atoms with van der Waals surface area (Å²) in [5.41, 5.74) is -0.509. The number of carboxylic acids is 1. The molecule has 0 spiro atoms. The van der Waals surface area contributed by atoms with Gasteiger partial charge in [-0.05, 0) is 25.8 Å². The molecule has 7 nitrogen and oxygen atoms in total. The van der Waals surface area contributed by atoms with Crippen molar-refractivity contribution >= 4 is 11.7 Å². The molecule has 114 valence electrons. The van der Waals surface area contributed by atoms with E-state index in [1.54, 1.807) is 6.07 Å². The van der Waals surface area contributed by atoms with Crippen LogP contribution in [0.2, 0.25) is 0 Å². The van der Waals surface area contributed by atoms with Crippen LogP contribution >= 0.6 is 0 Å². The molecule has 1 heterocycles. The van der Waals surface area contributed by atoms with Gasteiger partial charge in [0.05, 0.1) is 11.0 Å². The van der Waals surface area contributed by atoms with E-state index in [2.05, 4.69) is 5.32 Å². The van der Waals surface area contributed by atoms with Crippen LogP contribution in [0.3, 0.4) is 0 Å². The van der Waals surface area contributed by atoms with Crippen LogP contribution in [0.25, 0.3) is 0 Å². The van der Waals surface area contributed by atoms with Crippen LogP contribution < -0.4 is 5.32 Å². The standard InChI is InChI=1S/C14H18N2O5/c1-9-14(2,6-7-21-9)15-8-10-4-3-5-11(16(19)20)12(10)13(17)18/h3-5,9,15H,6-8H2,1-2H3,(H,17,18). The summed E-state index contributed by atoms with van der Waals surface area (Å²) in [6.07, 6.45) is 0.815. The van der Waals surface area contributed by atoms with Gasteiger partial charge in [0.25, 0.3) is 5.69 Å². The Morgan fingerprint density at radius 2 is 2.33 bits per heavy atom. The van der Waals surface area contributed by atoms with Crippen molar-refractivity contribution in [1.82, 2.24) is 5.32 Å². The van der Waals surface area contributed by atoms with Gasteiger partial charge in [-0.3, -0.25) is 10.1 Å². The first-order chi connectivity index (χ1) is 9.85. The Balaban J connectivity index is 2.26. The van der Waals surface area contributed by atoms with E-state index in [1.807, 2.05) is 13.8 Å². The van der Waals surface area contributed by atoms with Crippen LogP contribution in [0, 0.1) is 10.1 Å². The first kappa shape index (κ1) is 15.4. The minimum atomic E-state index is -1.29. The fourth-order valence-corrected chi connectivity index (χ4v) is 2.50. The third kappa shape index (κ3) is 3.03. The molecule has 0 amide bonds. The molecule has 7 heteroatoms. The van der Waals surface area contributed by atoms with Crippen LogP contribution in [0.1, 0.15) is 36.2 Å². The summed E-state index contributed by atoms with van der Waals surface area (Å²) in [5.74, 6) is -1.29. The summed E-state index contributed by atoms with van der Waals surface area (Å²) in [7, 11) is 0. The Bertz CT molecular complexity index is 574. The summed E-state index contributed by atoms with van der Waals surface area (Å²) >= 11 is 0. The predicted octanol–water partition coefficient (Wildman–Crippen LogP) is 1.95. The second kappa shape index (κ2) is 5.79. The number of ether oxygens (including phenoxy) is 1. The molecule has 1 saturated heterocycles. The second-order valence-electron chi connectivity index (χ2n) is 5.41. The van der Waals surface area contributed by atoms with Crippen LogP contribution in [0.5, 0.6) is 0 Å². The number of nitrogens with zero attached hydrogens (tertiary/aromatic N) is 1. The first-order valence-corrected chi connectivity index (χ1v) is 6.71. The van der Waals surface area contributed by atoms with Crippen molar-refractivity contribution in [3.63, 3.8) is 0 Å². The van der Waals surface area contributed by atoms with Gasteiger partial charge in [-0.15, -0.1) is 0 Å². The zero-order valence-electron chi connectivity index (χ0n) is 12.0. The maximum atomic E-state index is 11.3. The fraction of sp³-hybridized carbons (Fsp3) is 0.500. The zero-order chi connectivity index (χ0) is 15.6. The molecule has 0 radical (unpaired) electrons. The lowest BCUT2D eigenvalue weighted by Crippen LogP contribution is -2.47. The molecule has 1 aliphatic heterocycles. The number of nitro benzene ring substituents is 1. The van der Waals surface area contributed by atoms with Crippen LogP contribution in [-0.2, 0) is 11.3 Å². The quantitative estimate of drug-likeness (QED) is 0.635. The van der Waals surface area contributed by atoms with Gasteiger partial charge in [0.1, 0.15) is 5.56 Å². The lowest BCUT2D eigenvalue weighted by Gasteiger charge is -2.29. The van der Waals surface area contributed by atoms with Gasteiger partial charge in [0, 0.05) is 24.8 Å². The van der Waals surface area contributed by atoms with Gasteiger partial charge in [-0.25, -0.2) is 4.79 Å². The van der Waals surface area contributed by atoms with Gasteiger partial charge >= 0.3 is 5.97 Å². The van der Waals surface area contributed by atoms with E-state index in [0.29, 0.717) is 12.2 Å². The molecular weight excluding hydrogens is 276 g/mol. The highest BCUT2D eigenvalue weighted by Crippen LogP contribution is 2.27. The lowest BCUT2D eigenvalue weighted by atomic mass is 9.94. The molecule has 2 atom stereocenters. The van der Waals surface area contributed by atoms with Crippen molar-refractivity contribution in [1.29, 1.82) is 0 Å². The predicted molar refractivity (Wildman–Crippen MR) is 75.3 cm³/mol. The Kier molecular flexibility index (Phi) is 4.24. The number of hydrogen-bond donors (Lipinski definition) is 2. The molecule has 2 rings (SSSR count). The van der Waals surface area contributed by atoms with Gasteiger partial charge in [0.15, 0.2) is 0 Å². The number of carboxylic acid groups (broad SMARTS) is 1. The average Bonchev–Trinajstić information content (AvgIpc) is 2.76. The second-order valence-corrected chi connectivity index (χ2v) is 5.41. The molecule has 1 aliphatic rings. The average molecular weight is 294 g/mol. The third-order valence-corrected chi connectivity index (χ3v) is 4.11. The minimum Gasteiger partial charge on any atom is -0.477 e. The number of hydrogen-bond acceptors (Lipinski definition) is 5. The van der Waals surface area contributed by atoms with Crippen molar-refractivity contribution in [3.05, 3.63) is 39.4 Å². The molecule has 0 aromatic heterocycles. The van der Waals surface area contributed by atoms with Crippen molar-refractivity contribution in [2.45, 2.75) is 38.5 Å². The van der Waals surface area contributed by atoms with E-state index in [-0.39, 0.29) is 29.4 Å². The molecule has 1 fully saturated rings. The molecule has 2 N–H and O–H groups in total. The van der Waals surface area contributed by atoms with Crippen molar-refractivity contribution in [3.8, 4) is 0 Å². The summed E-state index contributed by atoms with van der Waals surface area (Å²) in [5, 5.41) is 23.5. The van der Waals surface area contributed by atoms with Gasteiger partial charge in [-0.2, -0.15) is 0 Å². The minimum absolute atomic E-state index is 0.00414. The van der Waals surface area contributed by atoms with Crippen LogP contribution in [0.15, 0.2) is 18.2 Å². The van der Waals surface area contributed by atoms with Gasteiger partial charge in [-0.1, -0.05) is 12.1 Å². The SMILES string of the molecule is CC1OCCC1(C)NCc1cccc([N+](=O)[O-])c1C(=O)O. The third-order valence-electron chi connectivity index (χ3n) is 4.11. The van der Waals surface area contributed by atoms with Crippen molar-refractivity contribution in [2.24, 2.45) is 0 Å². The lowest BCUT2D eigenvalue weighted by molar-refractivity contribution is -0.385. The van der Waals surface area contributed by atoms with Gasteiger partial charge < -0.3 is 15.2 Å². The summed E-state index contributed by atoms with van der Waals surface area (Å²) in [6, 6.07) is 4.29. The Labute approximate surface area is 122 Å². The largest absolute Gasteiger partial charge is 0.477 e. The van der Waals surface area contributed by atoms with E-state index in [9.17, 15) is 20.0 Å². The topological polar surface area (TPSA) is 102 Å². The van der Waals surface area contributed by atoms with E-state index in [0.717, 1.165) is 6.42 Å². The molecule has 1 aromatic rings. The molecule has 0 saturated carbocycles. The molecular formula is C14H18N2O5. The Morgan fingerprint density at radius 3 is 2.86 bits per heavy atom. The number of rotatable bonds is 5. The monoisotopic (exact) mass is 294 g/mol. The van der Waals surface area contributed by atoms with E-state index in [1.165, 1.54) is 12.1 Å².